The molecule has 1 N–H and O–H groups in total. The molecule has 24 heavy (non-hydrogen) atoms. The van der Waals surface area contributed by atoms with Crippen molar-refractivity contribution in [2.24, 2.45) is 0 Å². The Bertz CT molecular complexity index is 697. The third-order valence-corrected chi connectivity index (χ3v) is 4.21. The van der Waals surface area contributed by atoms with Crippen LogP contribution >= 0.6 is 0 Å². The standard InChI is InChI=1S/C21H27NO2/c1-15-7-6-8-19(16(15)2)24-14-13-22-20(23)17-9-11-18(12-10-17)21(3,4)5/h6-12H,13-14H2,1-5H3,(H,22,23). The van der Waals surface area contributed by atoms with Crippen LogP contribution in [0.5, 0.6) is 5.75 Å². The summed E-state index contributed by atoms with van der Waals surface area (Å²) >= 11 is 0. The van der Waals surface area contributed by atoms with Crippen molar-refractivity contribution in [3.63, 3.8) is 0 Å². The van der Waals surface area contributed by atoms with Crippen LogP contribution in [0.3, 0.4) is 0 Å². The topological polar surface area (TPSA) is 38.3 Å². The molecule has 0 aromatic heterocycles. The molecule has 0 aliphatic rings. The second-order valence-corrected chi connectivity index (χ2v) is 7.13. The predicted molar refractivity (Wildman–Crippen MR) is 98.9 cm³/mol. The SMILES string of the molecule is Cc1cccc(OCCNC(=O)c2ccc(C(C)(C)C)cc2)c1C. The number of rotatable bonds is 5. The van der Waals surface area contributed by atoms with Gasteiger partial charge in [0.2, 0.25) is 0 Å². The van der Waals surface area contributed by atoms with Gasteiger partial charge in [-0.25, -0.2) is 0 Å². The van der Waals surface area contributed by atoms with Gasteiger partial charge in [-0.3, -0.25) is 4.79 Å². The van der Waals surface area contributed by atoms with Crippen LogP contribution in [0.25, 0.3) is 0 Å². The molecule has 2 aromatic carbocycles. The van der Waals surface area contributed by atoms with E-state index in [0.717, 1.165) is 11.3 Å². The number of aryl methyl sites for hydroxylation is 1. The van der Waals surface area contributed by atoms with E-state index in [-0.39, 0.29) is 11.3 Å². The highest BCUT2D eigenvalue weighted by Gasteiger charge is 2.14. The molecule has 0 bridgehead atoms. The first-order valence-corrected chi connectivity index (χ1v) is 8.37. The van der Waals surface area contributed by atoms with Crippen molar-refractivity contribution < 1.29 is 9.53 Å². The van der Waals surface area contributed by atoms with Crippen LogP contribution in [0.1, 0.15) is 47.8 Å². The largest absolute Gasteiger partial charge is 0.491 e. The minimum atomic E-state index is -0.0694. The number of hydrogen-bond donors (Lipinski definition) is 1. The summed E-state index contributed by atoms with van der Waals surface area (Å²) in [4.78, 5) is 12.2. The van der Waals surface area contributed by atoms with E-state index in [1.165, 1.54) is 11.1 Å². The van der Waals surface area contributed by atoms with Crippen LogP contribution in [0.4, 0.5) is 0 Å². The van der Waals surface area contributed by atoms with Gasteiger partial charge in [-0.05, 0) is 54.2 Å². The molecule has 0 spiro atoms. The summed E-state index contributed by atoms with van der Waals surface area (Å²) in [5, 5.41) is 2.90. The van der Waals surface area contributed by atoms with Gasteiger partial charge >= 0.3 is 0 Å². The molecule has 2 aromatic rings. The summed E-state index contributed by atoms with van der Waals surface area (Å²) in [5.41, 5.74) is 4.33. The van der Waals surface area contributed by atoms with E-state index in [2.05, 4.69) is 39.1 Å². The summed E-state index contributed by atoms with van der Waals surface area (Å²) in [6.45, 7) is 11.5. The van der Waals surface area contributed by atoms with Gasteiger partial charge in [-0.15, -0.1) is 0 Å². The van der Waals surface area contributed by atoms with E-state index in [4.69, 9.17) is 4.74 Å². The quantitative estimate of drug-likeness (QED) is 0.827. The fourth-order valence-corrected chi connectivity index (χ4v) is 2.43. The predicted octanol–water partition coefficient (Wildman–Crippen LogP) is 4.41. The summed E-state index contributed by atoms with van der Waals surface area (Å²) in [5.74, 6) is 0.804. The first kappa shape index (κ1) is 18.1. The second-order valence-electron chi connectivity index (χ2n) is 7.13. The smallest absolute Gasteiger partial charge is 0.251 e. The Balaban J connectivity index is 1.84. The van der Waals surface area contributed by atoms with Crippen LogP contribution in [-0.2, 0) is 5.41 Å². The second kappa shape index (κ2) is 7.52. The number of carbonyl (C=O) groups is 1. The van der Waals surface area contributed by atoms with Crippen LogP contribution in [0.15, 0.2) is 42.5 Å². The lowest BCUT2D eigenvalue weighted by Crippen LogP contribution is -2.28. The number of benzene rings is 2. The average molecular weight is 325 g/mol. The zero-order valence-corrected chi connectivity index (χ0v) is 15.3. The molecule has 1 amide bonds. The molecule has 0 aliphatic heterocycles. The molecule has 0 heterocycles. The van der Waals surface area contributed by atoms with Crippen LogP contribution in [0.2, 0.25) is 0 Å². The average Bonchev–Trinajstić information content (AvgIpc) is 2.54. The molecule has 0 unspecified atom stereocenters. The minimum absolute atomic E-state index is 0.0694. The molecular formula is C21H27NO2. The van der Waals surface area contributed by atoms with Gasteiger partial charge < -0.3 is 10.1 Å². The third kappa shape index (κ3) is 4.60. The zero-order chi connectivity index (χ0) is 17.7. The maximum absolute atomic E-state index is 12.2. The van der Waals surface area contributed by atoms with E-state index in [9.17, 15) is 4.79 Å². The van der Waals surface area contributed by atoms with E-state index in [1.54, 1.807) is 0 Å². The number of nitrogens with one attached hydrogen (secondary N) is 1. The van der Waals surface area contributed by atoms with Gasteiger partial charge in [0.05, 0.1) is 6.54 Å². The van der Waals surface area contributed by atoms with Crippen molar-refractivity contribution in [3.05, 3.63) is 64.7 Å². The Kier molecular flexibility index (Phi) is 5.66. The highest BCUT2D eigenvalue weighted by atomic mass is 16.5. The van der Waals surface area contributed by atoms with Gasteiger partial charge in [0, 0.05) is 5.56 Å². The first-order valence-electron chi connectivity index (χ1n) is 8.37. The Morgan fingerprint density at radius 3 is 2.33 bits per heavy atom. The molecule has 3 heteroatoms. The Labute approximate surface area is 145 Å². The molecule has 0 atom stereocenters. The first-order chi connectivity index (χ1) is 11.3. The Hall–Kier alpha value is -2.29. The van der Waals surface area contributed by atoms with Crippen molar-refractivity contribution in [2.75, 3.05) is 13.2 Å². The summed E-state index contributed by atoms with van der Waals surface area (Å²) in [6, 6.07) is 13.8. The molecule has 2 rings (SSSR count). The fraction of sp³-hybridized carbons (Fsp3) is 0.381. The lowest BCUT2D eigenvalue weighted by atomic mass is 9.87. The fourth-order valence-electron chi connectivity index (χ4n) is 2.43. The van der Waals surface area contributed by atoms with Gasteiger partial charge in [0.15, 0.2) is 0 Å². The maximum Gasteiger partial charge on any atom is 0.251 e. The van der Waals surface area contributed by atoms with E-state index >= 15 is 0 Å². The van der Waals surface area contributed by atoms with Crippen LogP contribution in [-0.4, -0.2) is 19.1 Å². The molecule has 128 valence electrons. The number of carbonyl (C=O) groups excluding carboxylic acids is 1. The number of hydrogen-bond acceptors (Lipinski definition) is 2. The number of ether oxygens (including phenoxy) is 1. The van der Waals surface area contributed by atoms with E-state index in [0.29, 0.717) is 18.7 Å². The normalized spacial score (nSPS) is 11.2. The van der Waals surface area contributed by atoms with Gasteiger partial charge in [-0.2, -0.15) is 0 Å². The summed E-state index contributed by atoms with van der Waals surface area (Å²) in [7, 11) is 0. The van der Waals surface area contributed by atoms with Crippen molar-refractivity contribution in [3.8, 4) is 5.75 Å². The summed E-state index contributed by atoms with van der Waals surface area (Å²) in [6.07, 6.45) is 0. The molecule has 0 saturated carbocycles. The lowest BCUT2D eigenvalue weighted by molar-refractivity contribution is 0.0947. The highest BCUT2D eigenvalue weighted by Crippen LogP contribution is 2.22. The highest BCUT2D eigenvalue weighted by molar-refractivity contribution is 5.94. The van der Waals surface area contributed by atoms with Crippen molar-refractivity contribution >= 4 is 5.91 Å². The Morgan fingerprint density at radius 1 is 1.04 bits per heavy atom. The summed E-state index contributed by atoms with van der Waals surface area (Å²) < 4.78 is 5.75. The van der Waals surface area contributed by atoms with E-state index in [1.807, 2.05) is 43.3 Å². The molecule has 0 saturated heterocycles. The molecular weight excluding hydrogens is 298 g/mol. The van der Waals surface area contributed by atoms with Crippen molar-refractivity contribution in [1.29, 1.82) is 0 Å². The van der Waals surface area contributed by atoms with Crippen LogP contribution in [0, 0.1) is 13.8 Å². The van der Waals surface area contributed by atoms with E-state index < -0.39 is 0 Å². The van der Waals surface area contributed by atoms with Crippen molar-refractivity contribution in [1.82, 2.24) is 5.32 Å². The Morgan fingerprint density at radius 2 is 1.71 bits per heavy atom. The molecule has 3 nitrogen and oxygen atoms in total. The maximum atomic E-state index is 12.2. The molecule has 0 aliphatic carbocycles. The minimum Gasteiger partial charge on any atom is -0.491 e. The van der Waals surface area contributed by atoms with Crippen molar-refractivity contribution in [2.45, 2.75) is 40.0 Å². The molecule has 0 fully saturated rings. The number of amides is 1. The van der Waals surface area contributed by atoms with Gasteiger partial charge in [0.25, 0.3) is 5.91 Å². The monoisotopic (exact) mass is 325 g/mol. The lowest BCUT2D eigenvalue weighted by Gasteiger charge is -2.19. The molecule has 0 radical (unpaired) electrons. The van der Waals surface area contributed by atoms with Gasteiger partial charge in [-0.1, -0.05) is 45.0 Å². The zero-order valence-electron chi connectivity index (χ0n) is 15.3. The van der Waals surface area contributed by atoms with Crippen LogP contribution < -0.4 is 10.1 Å². The third-order valence-electron chi connectivity index (χ3n) is 4.21. The van der Waals surface area contributed by atoms with Gasteiger partial charge in [0.1, 0.15) is 12.4 Å².